The van der Waals surface area contributed by atoms with Crippen LogP contribution in [0.2, 0.25) is 0 Å². The van der Waals surface area contributed by atoms with Crippen LogP contribution in [-0.2, 0) is 19.4 Å². The van der Waals surface area contributed by atoms with E-state index >= 15 is 0 Å². The predicted octanol–water partition coefficient (Wildman–Crippen LogP) is 2.61. The van der Waals surface area contributed by atoms with E-state index < -0.39 is 11.9 Å². The van der Waals surface area contributed by atoms with Gasteiger partial charge in [0.2, 0.25) is 0 Å². The number of rotatable bonds is 3. The Morgan fingerprint density at radius 2 is 1.81 bits per heavy atom. The molecule has 4 nitrogen and oxygen atoms in total. The molecule has 1 unspecified atom stereocenters. The van der Waals surface area contributed by atoms with Crippen molar-refractivity contribution >= 4 is 11.9 Å². The van der Waals surface area contributed by atoms with Gasteiger partial charge in [0, 0.05) is 0 Å². The minimum absolute atomic E-state index is 0.0847. The highest BCUT2D eigenvalue weighted by Gasteiger charge is 2.25. The van der Waals surface area contributed by atoms with Gasteiger partial charge in [-0.25, -0.2) is 19.4 Å². The highest BCUT2D eigenvalue weighted by atomic mass is 17.2. The molecule has 0 radical (unpaired) electrons. The zero-order valence-electron chi connectivity index (χ0n) is 10.0. The van der Waals surface area contributed by atoms with Gasteiger partial charge in [0.25, 0.3) is 0 Å². The lowest BCUT2D eigenvalue weighted by atomic mass is 9.89. The number of hydrogen-bond donors (Lipinski definition) is 0. The molecule has 0 N–H and O–H groups in total. The van der Waals surface area contributed by atoms with Crippen LogP contribution >= 0.6 is 0 Å². The molecule has 1 saturated carbocycles. The maximum absolute atomic E-state index is 11.5. The fourth-order valence-electron chi connectivity index (χ4n) is 1.74. The summed E-state index contributed by atoms with van der Waals surface area (Å²) in [7, 11) is 0. The first-order valence-corrected chi connectivity index (χ1v) is 6.07. The van der Waals surface area contributed by atoms with Crippen LogP contribution in [0.3, 0.4) is 0 Å². The monoisotopic (exact) mass is 228 g/mol. The van der Waals surface area contributed by atoms with Crippen molar-refractivity contribution in [3.05, 3.63) is 0 Å². The molecule has 4 heteroatoms. The largest absolute Gasteiger partial charge is 0.358 e. The lowest BCUT2D eigenvalue weighted by molar-refractivity contribution is -0.265. The van der Waals surface area contributed by atoms with Crippen molar-refractivity contribution in [1.29, 1.82) is 0 Å². The average molecular weight is 228 g/mol. The normalized spacial score (nSPS) is 18.9. The molecule has 1 aliphatic rings. The van der Waals surface area contributed by atoms with Gasteiger partial charge in [-0.3, -0.25) is 0 Å². The van der Waals surface area contributed by atoms with Crippen molar-refractivity contribution in [3.8, 4) is 0 Å². The highest BCUT2D eigenvalue weighted by Crippen LogP contribution is 2.24. The molecule has 0 aliphatic heterocycles. The maximum Gasteiger partial charge on any atom is 0.358 e. The fraction of sp³-hybridized carbons (Fsp3) is 0.833. The lowest BCUT2D eigenvalue weighted by Gasteiger charge is -2.18. The van der Waals surface area contributed by atoms with Gasteiger partial charge in [0.15, 0.2) is 0 Å². The zero-order valence-corrected chi connectivity index (χ0v) is 10.0. The van der Waals surface area contributed by atoms with Crippen LogP contribution in [0.4, 0.5) is 0 Å². The molecule has 16 heavy (non-hydrogen) atoms. The highest BCUT2D eigenvalue weighted by molar-refractivity contribution is 5.75. The van der Waals surface area contributed by atoms with Crippen LogP contribution in [0.25, 0.3) is 0 Å². The molecule has 1 fully saturated rings. The summed E-state index contributed by atoms with van der Waals surface area (Å²) in [5.41, 5.74) is 0. The third-order valence-corrected chi connectivity index (χ3v) is 3.16. The number of carbonyl (C=O) groups excluding carboxylic acids is 2. The molecule has 1 aliphatic carbocycles. The van der Waals surface area contributed by atoms with E-state index in [9.17, 15) is 9.59 Å². The van der Waals surface area contributed by atoms with Gasteiger partial charge in [-0.1, -0.05) is 33.1 Å². The van der Waals surface area contributed by atoms with Crippen LogP contribution in [0.1, 0.15) is 52.4 Å². The molecule has 1 rings (SSSR count). The van der Waals surface area contributed by atoms with Gasteiger partial charge >= 0.3 is 11.9 Å². The molecule has 0 aromatic rings. The van der Waals surface area contributed by atoms with Crippen molar-refractivity contribution in [1.82, 2.24) is 0 Å². The Balaban J connectivity index is 2.26. The molecule has 0 spiro atoms. The van der Waals surface area contributed by atoms with Gasteiger partial charge in [0.05, 0.1) is 11.8 Å². The topological polar surface area (TPSA) is 52.6 Å². The van der Waals surface area contributed by atoms with Crippen LogP contribution in [0.5, 0.6) is 0 Å². The second kappa shape index (κ2) is 6.51. The smallest absolute Gasteiger partial charge is 0.247 e. The molecule has 0 bridgehead atoms. The van der Waals surface area contributed by atoms with E-state index in [0.29, 0.717) is 6.42 Å². The SMILES string of the molecule is CCC(C)C(=O)OOC(=O)C1CCCCC1. The van der Waals surface area contributed by atoms with Gasteiger partial charge in [-0.15, -0.1) is 0 Å². The Kier molecular flexibility index (Phi) is 5.29. The summed E-state index contributed by atoms with van der Waals surface area (Å²) in [6.07, 6.45) is 5.66. The molecule has 0 aromatic carbocycles. The van der Waals surface area contributed by atoms with E-state index in [-0.39, 0.29) is 11.8 Å². The van der Waals surface area contributed by atoms with Crippen LogP contribution in [-0.4, -0.2) is 11.9 Å². The third kappa shape index (κ3) is 3.83. The van der Waals surface area contributed by atoms with Crippen molar-refractivity contribution in [2.24, 2.45) is 11.8 Å². The van der Waals surface area contributed by atoms with E-state index in [1.54, 1.807) is 6.92 Å². The van der Waals surface area contributed by atoms with Crippen molar-refractivity contribution in [2.75, 3.05) is 0 Å². The Labute approximate surface area is 96.2 Å². The molecule has 0 heterocycles. The van der Waals surface area contributed by atoms with Crippen LogP contribution in [0.15, 0.2) is 0 Å². The molecule has 0 saturated heterocycles. The first kappa shape index (κ1) is 13.0. The summed E-state index contributed by atoms with van der Waals surface area (Å²) < 4.78 is 0. The fourth-order valence-corrected chi connectivity index (χ4v) is 1.74. The number of carbonyl (C=O) groups is 2. The molecule has 1 atom stereocenters. The van der Waals surface area contributed by atoms with Crippen LogP contribution < -0.4 is 0 Å². The Morgan fingerprint density at radius 3 is 2.38 bits per heavy atom. The van der Waals surface area contributed by atoms with E-state index in [1.165, 1.54) is 6.42 Å². The molecule has 92 valence electrons. The lowest BCUT2D eigenvalue weighted by Crippen LogP contribution is -2.23. The average Bonchev–Trinajstić information content (AvgIpc) is 2.35. The summed E-state index contributed by atoms with van der Waals surface area (Å²) in [6.45, 7) is 3.63. The van der Waals surface area contributed by atoms with Gasteiger partial charge in [0.1, 0.15) is 0 Å². The third-order valence-electron chi connectivity index (χ3n) is 3.16. The zero-order chi connectivity index (χ0) is 12.0. The molecule has 0 amide bonds. The van der Waals surface area contributed by atoms with Crippen molar-refractivity contribution in [2.45, 2.75) is 52.4 Å². The van der Waals surface area contributed by atoms with Gasteiger partial charge < -0.3 is 0 Å². The molecule has 0 aromatic heterocycles. The van der Waals surface area contributed by atoms with E-state index in [0.717, 1.165) is 25.7 Å². The summed E-state index contributed by atoms with van der Waals surface area (Å²) in [4.78, 5) is 31.9. The molecular formula is C12H20O4. The standard InChI is InChI=1S/C12H20O4/c1-3-9(2)11(13)15-16-12(14)10-7-5-4-6-8-10/h9-10H,3-8H2,1-2H3. The summed E-state index contributed by atoms with van der Waals surface area (Å²) >= 11 is 0. The maximum atomic E-state index is 11.5. The van der Waals surface area contributed by atoms with Crippen LogP contribution in [0, 0.1) is 11.8 Å². The van der Waals surface area contributed by atoms with E-state index in [2.05, 4.69) is 9.78 Å². The predicted molar refractivity (Wildman–Crippen MR) is 58.2 cm³/mol. The summed E-state index contributed by atoms with van der Waals surface area (Å²) in [6, 6.07) is 0. The van der Waals surface area contributed by atoms with E-state index in [1.807, 2.05) is 6.92 Å². The molecular weight excluding hydrogens is 208 g/mol. The minimum Gasteiger partial charge on any atom is -0.247 e. The Hall–Kier alpha value is -1.06. The first-order chi connectivity index (χ1) is 7.65. The van der Waals surface area contributed by atoms with Gasteiger partial charge in [-0.05, 0) is 19.3 Å². The Bertz CT molecular complexity index is 243. The second-order valence-electron chi connectivity index (χ2n) is 4.45. The first-order valence-electron chi connectivity index (χ1n) is 6.07. The van der Waals surface area contributed by atoms with Gasteiger partial charge in [-0.2, -0.15) is 0 Å². The Morgan fingerprint density at radius 1 is 1.19 bits per heavy atom. The second-order valence-corrected chi connectivity index (χ2v) is 4.45. The summed E-state index contributed by atoms with van der Waals surface area (Å²) in [5.74, 6) is -1.17. The van der Waals surface area contributed by atoms with Crippen molar-refractivity contribution in [3.63, 3.8) is 0 Å². The number of hydrogen-bond acceptors (Lipinski definition) is 4. The minimum atomic E-state index is -0.466. The summed E-state index contributed by atoms with van der Waals surface area (Å²) in [5, 5.41) is 0. The quantitative estimate of drug-likeness (QED) is 0.550. The van der Waals surface area contributed by atoms with E-state index in [4.69, 9.17) is 0 Å². The van der Waals surface area contributed by atoms with Crippen molar-refractivity contribution < 1.29 is 19.4 Å².